The second-order valence-corrected chi connectivity index (χ2v) is 5.22. The highest BCUT2D eigenvalue weighted by Gasteiger charge is 2.22. The maximum absolute atomic E-state index is 12.4. The van der Waals surface area contributed by atoms with E-state index in [2.05, 4.69) is 14.9 Å². The molecule has 1 aliphatic heterocycles. The number of hydrogen-bond donors (Lipinski definition) is 1. The van der Waals surface area contributed by atoms with E-state index < -0.39 is 0 Å². The van der Waals surface area contributed by atoms with Crippen molar-refractivity contribution in [2.75, 3.05) is 31.1 Å². The summed E-state index contributed by atoms with van der Waals surface area (Å²) >= 11 is 0. The lowest BCUT2D eigenvalue weighted by Crippen LogP contribution is -2.49. The highest BCUT2D eigenvalue weighted by Crippen LogP contribution is 2.15. The van der Waals surface area contributed by atoms with E-state index in [0.29, 0.717) is 19.6 Å². The molecule has 122 valence electrons. The average Bonchev–Trinajstić information content (AvgIpc) is 2.62. The number of hydrogen-bond acceptors (Lipinski definition) is 5. The molecular formula is C16H20ClN5O. The quantitative estimate of drug-likeness (QED) is 0.917. The molecule has 2 aromatic rings. The molecule has 0 aliphatic carbocycles. The molecule has 0 saturated carbocycles. The topological polar surface area (TPSA) is 75.3 Å². The highest BCUT2D eigenvalue weighted by atomic mass is 35.5. The van der Waals surface area contributed by atoms with E-state index in [1.54, 1.807) is 6.33 Å². The third-order valence-electron chi connectivity index (χ3n) is 3.83. The van der Waals surface area contributed by atoms with Crippen LogP contribution in [0.15, 0.2) is 42.7 Å². The van der Waals surface area contributed by atoms with Crippen molar-refractivity contribution in [1.82, 2.24) is 14.9 Å². The summed E-state index contributed by atoms with van der Waals surface area (Å²) in [5, 5.41) is 0. The van der Waals surface area contributed by atoms with Crippen LogP contribution in [-0.2, 0) is 6.54 Å². The number of carbonyl (C=O) groups is 1. The summed E-state index contributed by atoms with van der Waals surface area (Å²) in [4.78, 5) is 24.9. The van der Waals surface area contributed by atoms with Crippen molar-refractivity contribution in [2.24, 2.45) is 5.73 Å². The molecule has 0 unspecified atom stereocenters. The lowest BCUT2D eigenvalue weighted by molar-refractivity contribution is 0.0746. The molecule has 0 bridgehead atoms. The molecular weight excluding hydrogens is 314 g/mol. The standard InChI is InChI=1S/C16H19N5O.ClH/c17-11-14-10-15(19-12-18-14)20-6-8-21(9-7-20)16(22)13-4-2-1-3-5-13;/h1-5,10,12H,6-9,11,17H2;1H. The fraction of sp³-hybridized carbons (Fsp3) is 0.312. The molecule has 6 nitrogen and oxygen atoms in total. The predicted octanol–water partition coefficient (Wildman–Crippen LogP) is 1.32. The number of nitrogens with zero attached hydrogens (tertiary/aromatic N) is 4. The second kappa shape index (κ2) is 7.89. The van der Waals surface area contributed by atoms with E-state index in [9.17, 15) is 4.79 Å². The van der Waals surface area contributed by atoms with Gasteiger partial charge in [-0.15, -0.1) is 12.4 Å². The van der Waals surface area contributed by atoms with Gasteiger partial charge in [-0.2, -0.15) is 0 Å². The lowest BCUT2D eigenvalue weighted by atomic mass is 10.2. The van der Waals surface area contributed by atoms with Crippen LogP contribution in [0.1, 0.15) is 16.1 Å². The van der Waals surface area contributed by atoms with Crippen LogP contribution in [0.3, 0.4) is 0 Å². The Kier molecular flexibility index (Phi) is 5.90. The molecule has 0 spiro atoms. The Morgan fingerprint density at radius 2 is 1.78 bits per heavy atom. The molecule has 0 radical (unpaired) electrons. The lowest BCUT2D eigenvalue weighted by Gasteiger charge is -2.35. The molecule has 2 heterocycles. The van der Waals surface area contributed by atoms with Crippen LogP contribution in [0.25, 0.3) is 0 Å². The summed E-state index contributed by atoms with van der Waals surface area (Å²) in [6.07, 6.45) is 1.54. The Morgan fingerprint density at radius 3 is 2.43 bits per heavy atom. The Bertz CT molecular complexity index is 644. The summed E-state index contributed by atoms with van der Waals surface area (Å²) in [5.41, 5.74) is 7.18. The van der Waals surface area contributed by atoms with Gasteiger partial charge in [-0.1, -0.05) is 18.2 Å². The van der Waals surface area contributed by atoms with Crippen molar-refractivity contribution < 1.29 is 4.79 Å². The van der Waals surface area contributed by atoms with E-state index >= 15 is 0 Å². The third kappa shape index (κ3) is 3.97. The van der Waals surface area contributed by atoms with E-state index in [-0.39, 0.29) is 18.3 Å². The largest absolute Gasteiger partial charge is 0.353 e. The first-order chi connectivity index (χ1) is 10.8. The van der Waals surface area contributed by atoms with E-state index in [0.717, 1.165) is 30.2 Å². The predicted molar refractivity (Wildman–Crippen MR) is 91.7 cm³/mol. The van der Waals surface area contributed by atoms with Crippen molar-refractivity contribution in [3.8, 4) is 0 Å². The molecule has 1 aliphatic rings. The first kappa shape index (κ1) is 17.2. The first-order valence-corrected chi connectivity index (χ1v) is 7.38. The second-order valence-electron chi connectivity index (χ2n) is 5.22. The summed E-state index contributed by atoms with van der Waals surface area (Å²) in [6, 6.07) is 11.3. The number of halogens is 1. The maximum Gasteiger partial charge on any atom is 0.253 e. The molecule has 1 aromatic carbocycles. The number of nitrogens with two attached hydrogens (primary N) is 1. The van der Waals surface area contributed by atoms with Crippen LogP contribution in [0.5, 0.6) is 0 Å². The molecule has 0 atom stereocenters. The number of carbonyl (C=O) groups excluding carboxylic acids is 1. The number of anilines is 1. The van der Waals surface area contributed by atoms with Crippen molar-refractivity contribution in [3.05, 3.63) is 54.0 Å². The average molecular weight is 334 g/mol. The van der Waals surface area contributed by atoms with Gasteiger partial charge in [0, 0.05) is 44.4 Å². The maximum atomic E-state index is 12.4. The van der Waals surface area contributed by atoms with Crippen molar-refractivity contribution in [3.63, 3.8) is 0 Å². The summed E-state index contributed by atoms with van der Waals surface area (Å²) in [5.74, 6) is 0.966. The van der Waals surface area contributed by atoms with E-state index in [1.807, 2.05) is 41.3 Å². The fourth-order valence-corrected chi connectivity index (χ4v) is 2.57. The number of aromatic nitrogens is 2. The Balaban J connectivity index is 0.00000192. The minimum atomic E-state index is 0. The molecule has 3 rings (SSSR count). The Morgan fingerprint density at radius 1 is 1.09 bits per heavy atom. The van der Waals surface area contributed by atoms with Gasteiger partial charge in [0.15, 0.2) is 0 Å². The van der Waals surface area contributed by atoms with Crippen molar-refractivity contribution in [2.45, 2.75) is 6.54 Å². The summed E-state index contributed by atoms with van der Waals surface area (Å²) < 4.78 is 0. The van der Waals surface area contributed by atoms with Crippen LogP contribution >= 0.6 is 12.4 Å². The zero-order chi connectivity index (χ0) is 15.4. The van der Waals surface area contributed by atoms with Crippen LogP contribution in [0.2, 0.25) is 0 Å². The van der Waals surface area contributed by atoms with Gasteiger partial charge in [0.1, 0.15) is 12.1 Å². The van der Waals surface area contributed by atoms with Gasteiger partial charge in [-0.25, -0.2) is 9.97 Å². The van der Waals surface area contributed by atoms with Gasteiger partial charge in [-0.05, 0) is 12.1 Å². The third-order valence-corrected chi connectivity index (χ3v) is 3.83. The van der Waals surface area contributed by atoms with Crippen molar-refractivity contribution in [1.29, 1.82) is 0 Å². The van der Waals surface area contributed by atoms with Crippen molar-refractivity contribution >= 4 is 24.1 Å². The fourth-order valence-electron chi connectivity index (χ4n) is 2.57. The monoisotopic (exact) mass is 333 g/mol. The first-order valence-electron chi connectivity index (χ1n) is 7.38. The summed E-state index contributed by atoms with van der Waals surface area (Å²) in [6.45, 7) is 3.31. The summed E-state index contributed by atoms with van der Waals surface area (Å²) in [7, 11) is 0. The number of benzene rings is 1. The molecule has 23 heavy (non-hydrogen) atoms. The smallest absolute Gasteiger partial charge is 0.253 e. The SMILES string of the molecule is Cl.NCc1cc(N2CCN(C(=O)c3ccccc3)CC2)ncn1. The van der Waals surface area contributed by atoms with E-state index in [1.165, 1.54) is 0 Å². The minimum absolute atomic E-state index is 0. The zero-order valence-electron chi connectivity index (χ0n) is 12.8. The minimum Gasteiger partial charge on any atom is -0.353 e. The van der Waals surface area contributed by atoms with Gasteiger partial charge in [0.05, 0.1) is 5.69 Å². The van der Waals surface area contributed by atoms with Gasteiger partial charge in [0.2, 0.25) is 0 Å². The Labute approximate surface area is 141 Å². The van der Waals surface area contributed by atoms with Gasteiger partial charge in [-0.3, -0.25) is 4.79 Å². The molecule has 1 saturated heterocycles. The zero-order valence-corrected chi connectivity index (χ0v) is 13.6. The van der Waals surface area contributed by atoms with Gasteiger partial charge < -0.3 is 15.5 Å². The molecule has 7 heteroatoms. The normalized spacial score (nSPS) is 14.3. The van der Waals surface area contributed by atoms with E-state index in [4.69, 9.17) is 5.73 Å². The van der Waals surface area contributed by atoms with Crippen LogP contribution < -0.4 is 10.6 Å². The van der Waals surface area contributed by atoms with Gasteiger partial charge >= 0.3 is 0 Å². The number of amides is 1. The Hall–Kier alpha value is -2.18. The molecule has 1 amide bonds. The molecule has 2 N–H and O–H groups in total. The highest BCUT2D eigenvalue weighted by molar-refractivity contribution is 5.94. The number of rotatable bonds is 3. The van der Waals surface area contributed by atoms with Crippen LogP contribution in [-0.4, -0.2) is 47.0 Å². The van der Waals surface area contributed by atoms with Crippen LogP contribution in [0.4, 0.5) is 5.82 Å². The molecule has 1 fully saturated rings. The molecule has 1 aromatic heterocycles. The van der Waals surface area contributed by atoms with Gasteiger partial charge in [0.25, 0.3) is 5.91 Å². The van der Waals surface area contributed by atoms with Crippen LogP contribution in [0, 0.1) is 0 Å². The number of piperazine rings is 1.